The number of thioether (sulfide) groups is 1. The van der Waals surface area contributed by atoms with Crippen LogP contribution in [0.5, 0.6) is 0 Å². The number of ketones is 1. The SMILES string of the molecule is CCOC(=O)[C@@]12O[C@@]3(C(=C1C(=O)c1ccccc1)N(C)c1ccccc1SC3(c1ccccc1)c1ccccc1)c1ccccc12. The highest BCUT2D eigenvalue weighted by Gasteiger charge is 2.77. The van der Waals surface area contributed by atoms with E-state index >= 15 is 4.79 Å². The number of ether oxygens (including phenoxy) is 2. The molecule has 0 radical (unpaired) electrons. The normalized spacial score (nSPS) is 22.0. The Kier molecular flexibility index (Phi) is 6.57. The van der Waals surface area contributed by atoms with E-state index in [2.05, 4.69) is 41.3 Å². The zero-order valence-corrected chi connectivity index (χ0v) is 26.3. The summed E-state index contributed by atoms with van der Waals surface area (Å²) < 4.78 is 12.4. The summed E-state index contributed by atoms with van der Waals surface area (Å²) in [6, 6.07) is 45.8. The minimum atomic E-state index is -1.80. The smallest absolute Gasteiger partial charge is 0.348 e. The van der Waals surface area contributed by atoms with Crippen LogP contribution in [0.1, 0.15) is 39.5 Å². The van der Waals surface area contributed by atoms with Crippen molar-refractivity contribution in [3.05, 3.63) is 179 Å². The summed E-state index contributed by atoms with van der Waals surface area (Å²) in [4.78, 5) is 32.8. The molecule has 46 heavy (non-hydrogen) atoms. The van der Waals surface area contributed by atoms with Crippen LogP contribution in [0.3, 0.4) is 0 Å². The molecule has 3 aliphatic rings. The highest BCUT2D eigenvalue weighted by molar-refractivity contribution is 8.00. The van der Waals surface area contributed by atoms with E-state index in [1.165, 1.54) is 0 Å². The summed E-state index contributed by atoms with van der Waals surface area (Å²) in [5, 5.41) is 0. The minimum absolute atomic E-state index is 0.136. The van der Waals surface area contributed by atoms with Gasteiger partial charge in [0, 0.05) is 23.1 Å². The molecular formula is C40H31NO4S. The average Bonchev–Trinajstić information content (AvgIpc) is 3.58. The van der Waals surface area contributed by atoms with Crippen LogP contribution in [0.15, 0.2) is 156 Å². The lowest BCUT2D eigenvalue weighted by Crippen LogP contribution is -2.50. The van der Waals surface area contributed by atoms with Crippen LogP contribution >= 0.6 is 11.8 Å². The van der Waals surface area contributed by atoms with Gasteiger partial charge >= 0.3 is 5.97 Å². The molecule has 2 atom stereocenters. The summed E-state index contributed by atoms with van der Waals surface area (Å²) in [5.41, 5.74) is 2.61. The molecule has 3 aliphatic heterocycles. The number of carbonyl (C=O) groups excluding carboxylic acids is 2. The number of fused-ring (bicyclic) bond motifs is 4. The maximum Gasteiger partial charge on any atom is 0.348 e. The van der Waals surface area contributed by atoms with Crippen molar-refractivity contribution in [1.82, 2.24) is 0 Å². The predicted octanol–water partition coefficient (Wildman–Crippen LogP) is 8.01. The number of nitrogens with zero attached hydrogens (tertiary/aromatic N) is 1. The molecule has 0 saturated heterocycles. The Morgan fingerprint density at radius 3 is 1.89 bits per heavy atom. The molecular weight excluding hydrogens is 591 g/mol. The summed E-state index contributed by atoms with van der Waals surface area (Å²) in [7, 11) is 1.98. The van der Waals surface area contributed by atoms with Crippen LogP contribution in [0.25, 0.3) is 0 Å². The van der Waals surface area contributed by atoms with Gasteiger partial charge in [-0.15, -0.1) is 11.8 Å². The Labute approximate surface area is 272 Å². The monoisotopic (exact) mass is 621 g/mol. The number of carbonyl (C=O) groups is 2. The van der Waals surface area contributed by atoms with Crippen molar-refractivity contribution >= 4 is 29.2 Å². The highest BCUT2D eigenvalue weighted by Crippen LogP contribution is 2.75. The second-order valence-electron chi connectivity index (χ2n) is 11.7. The molecule has 0 aliphatic carbocycles. The summed E-state index contributed by atoms with van der Waals surface area (Å²) >= 11 is 1.69. The third-order valence-corrected chi connectivity index (χ3v) is 11.1. The van der Waals surface area contributed by atoms with E-state index in [0.717, 1.165) is 27.3 Å². The van der Waals surface area contributed by atoms with Crippen LogP contribution in [-0.2, 0) is 30.2 Å². The Morgan fingerprint density at radius 2 is 1.26 bits per heavy atom. The first-order valence-corrected chi connectivity index (χ1v) is 16.3. The summed E-state index contributed by atoms with van der Waals surface area (Å²) in [6.07, 6.45) is 0. The van der Waals surface area contributed by atoms with Crippen molar-refractivity contribution in [2.75, 3.05) is 18.6 Å². The van der Waals surface area contributed by atoms with Gasteiger partial charge in [-0.25, -0.2) is 4.79 Å². The number of anilines is 1. The summed E-state index contributed by atoms with van der Waals surface area (Å²) in [6.45, 7) is 1.91. The molecule has 1 spiro atoms. The van der Waals surface area contributed by atoms with Crippen molar-refractivity contribution < 1.29 is 19.1 Å². The summed E-state index contributed by atoms with van der Waals surface area (Å²) in [5.74, 6) is -0.868. The number of hydrogen-bond acceptors (Lipinski definition) is 6. The van der Waals surface area contributed by atoms with E-state index in [1.54, 1.807) is 30.8 Å². The Morgan fingerprint density at radius 1 is 0.717 bits per heavy atom. The van der Waals surface area contributed by atoms with E-state index in [1.807, 2.05) is 98.0 Å². The molecule has 5 aromatic carbocycles. The third-order valence-electron chi connectivity index (χ3n) is 9.42. The maximum absolute atomic E-state index is 15.1. The van der Waals surface area contributed by atoms with Gasteiger partial charge in [-0.05, 0) is 35.7 Å². The van der Waals surface area contributed by atoms with Gasteiger partial charge in [-0.3, -0.25) is 4.79 Å². The largest absolute Gasteiger partial charge is 0.463 e. The molecule has 0 aromatic heterocycles. The number of hydrogen-bond donors (Lipinski definition) is 0. The quantitative estimate of drug-likeness (QED) is 0.141. The van der Waals surface area contributed by atoms with Gasteiger partial charge in [0.2, 0.25) is 5.60 Å². The molecule has 0 amide bonds. The first-order valence-electron chi connectivity index (χ1n) is 15.5. The van der Waals surface area contributed by atoms with Gasteiger partial charge < -0.3 is 14.4 Å². The van der Waals surface area contributed by atoms with E-state index in [9.17, 15) is 4.79 Å². The predicted molar refractivity (Wildman–Crippen MR) is 180 cm³/mol. The molecule has 0 unspecified atom stereocenters. The van der Waals surface area contributed by atoms with Crippen LogP contribution in [0, 0.1) is 0 Å². The number of esters is 1. The number of rotatable bonds is 6. The second kappa shape index (κ2) is 10.6. The Balaban J connectivity index is 1.62. The number of para-hydroxylation sites is 1. The lowest BCUT2D eigenvalue weighted by molar-refractivity contribution is -0.176. The number of Topliss-reactive ketones (excluding diaryl/α,β-unsaturated/α-hetero) is 1. The van der Waals surface area contributed by atoms with Crippen molar-refractivity contribution in [3.63, 3.8) is 0 Å². The molecule has 0 saturated carbocycles. The Bertz CT molecular complexity index is 1990. The van der Waals surface area contributed by atoms with Gasteiger partial charge in [-0.1, -0.05) is 127 Å². The second-order valence-corrected chi connectivity index (χ2v) is 12.9. The molecule has 8 rings (SSSR count). The molecule has 226 valence electrons. The van der Waals surface area contributed by atoms with E-state index in [0.29, 0.717) is 16.8 Å². The molecule has 5 nitrogen and oxygen atoms in total. The fraction of sp³-hybridized carbons (Fsp3) is 0.150. The lowest BCUT2D eigenvalue weighted by atomic mass is 9.65. The fourth-order valence-corrected chi connectivity index (χ4v) is 9.36. The molecule has 0 N–H and O–H groups in total. The third kappa shape index (κ3) is 3.57. The fourth-order valence-electron chi connectivity index (χ4n) is 7.68. The van der Waals surface area contributed by atoms with Crippen molar-refractivity contribution in [2.24, 2.45) is 0 Å². The standard InChI is InChI=1S/C40H31NO4S/c1-3-44-37(43)38-30-23-13-14-24-31(30)39(45-38)36(34(38)35(42)27-17-7-4-8-18-27)41(2)32-25-15-16-26-33(32)46-40(39,28-19-9-5-10-20-28)29-21-11-6-12-22-29/h4-26H,3H2,1-2H3/t38-,39+/m0/s1. The lowest BCUT2D eigenvalue weighted by Gasteiger charge is -2.48. The van der Waals surface area contributed by atoms with Gasteiger partial charge in [0.15, 0.2) is 11.4 Å². The zero-order valence-electron chi connectivity index (χ0n) is 25.5. The van der Waals surface area contributed by atoms with Crippen LogP contribution in [0.4, 0.5) is 5.69 Å². The molecule has 0 fully saturated rings. The van der Waals surface area contributed by atoms with Gasteiger partial charge in [0.1, 0.15) is 4.75 Å². The molecule has 2 bridgehead atoms. The van der Waals surface area contributed by atoms with E-state index in [-0.39, 0.29) is 18.0 Å². The topological polar surface area (TPSA) is 55.8 Å². The first-order chi connectivity index (χ1) is 22.5. The van der Waals surface area contributed by atoms with Gasteiger partial charge in [-0.2, -0.15) is 0 Å². The minimum Gasteiger partial charge on any atom is -0.463 e. The number of benzene rings is 5. The van der Waals surface area contributed by atoms with Crippen LogP contribution in [-0.4, -0.2) is 25.4 Å². The van der Waals surface area contributed by atoms with Gasteiger partial charge in [0.05, 0.1) is 23.6 Å². The zero-order chi connectivity index (χ0) is 31.5. The van der Waals surface area contributed by atoms with Crippen LogP contribution < -0.4 is 4.90 Å². The van der Waals surface area contributed by atoms with Gasteiger partial charge in [0.25, 0.3) is 0 Å². The molecule has 6 heteroatoms. The van der Waals surface area contributed by atoms with E-state index in [4.69, 9.17) is 9.47 Å². The van der Waals surface area contributed by atoms with Crippen molar-refractivity contribution in [1.29, 1.82) is 0 Å². The average molecular weight is 622 g/mol. The van der Waals surface area contributed by atoms with Crippen molar-refractivity contribution in [2.45, 2.75) is 27.8 Å². The van der Waals surface area contributed by atoms with E-state index < -0.39 is 21.9 Å². The maximum atomic E-state index is 15.1. The molecule has 5 aromatic rings. The number of likely N-dealkylation sites (N-methyl/N-ethyl adjacent to an activating group) is 1. The van der Waals surface area contributed by atoms with Crippen molar-refractivity contribution in [3.8, 4) is 0 Å². The first kappa shape index (κ1) is 28.6. The Hall–Kier alpha value is -4.91. The molecule has 3 heterocycles. The van der Waals surface area contributed by atoms with Crippen LogP contribution in [0.2, 0.25) is 0 Å². The highest BCUT2D eigenvalue weighted by atomic mass is 32.2.